The molecule has 166 valence electrons. The Balaban J connectivity index is 0. The lowest BCUT2D eigenvalue weighted by Crippen LogP contribution is -3.00. The quantitative estimate of drug-likeness (QED) is 0.181. The fraction of sp³-hybridized carbons (Fsp3) is 0.727. The summed E-state index contributed by atoms with van der Waals surface area (Å²) in [7, 11) is 0. The van der Waals surface area contributed by atoms with Crippen LogP contribution in [-0.4, -0.2) is 74.5 Å². The van der Waals surface area contributed by atoms with Gasteiger partial charge >= 0.3 is 0 Å². The third-order valence-corrected chi connectivity index (χ3v) is 6.50. The molecule has 0 aliphatic rings. The summed E-state index contributed by atoms with van der Waals surface area (Å²) in [5, 5.41) is 0. The SMILES string of the molecule is CC[N+](CC)(CC)CCOc1cccc(OCC[N+](CC)(CC)CC)c1.[I-].[I-]. The second-order valence-electron chi connectivity index (χ2n) is 7.20. The van der Waals surface area contributed by atoms with E-state index in [0.29, 0.717) is 0 Å². The van der Waals surface area contributed by atoms with Crippen molar-refractivity contribution in [1.29, 1.82) is 0 Å². The predicted molar refractivity (Wildman–Crippen MR) is 111 cm³/mol. The molecule has 0 aromatic heterocycles. The summed E-state index contributed by atoms with van der Waals surface area (Å²) in [5.41, 5.74) is 0. The van der Waals surface area contributed by atoms with Crippen molar-refractivity contribution in [3.05, 3.63) is 24.3 Å². The van der Waals surface area contributed by atoms with E-state index >= 15 is 0 Å². The predicted octanol–water partition coefficient (Wildman–Crippen LogP) is -1.79. The highest BCUT2D eigenvalue weighted by Gasteiger charge is 2.21. The molecule has 1 rings (SSSR count). The number of halogens is 2. The molecule has 0 aliphatic carbocycles. The van der Waals surface area contributed by atoms with Crippen molar-refractivity contribution >= 4 is 0 Å². The zero-order valence-corrected chi connectivity index (χ0v) is 23.2. The highest BCUT2D eigenvalue weighted by Crippen LogP contribution is 2.20. The third kappa shape index (κ3) is 9.34. The Morgan fingerprint density at radius 2 is 0.929 bits per heavy atom. The van der Waals surface area contributed by atoms with Gasteiger partial charge in [0, 0.05) is 6.07 Å². The van der Waals surface area contributed by atoms with Gasteiger partial charge in [-0.2, -0.15) is 0 Å². The average Bonchev–Trinajstić information content (AvgIpc) is 2.70. The smallest absolute Gasteiger partial charge is 0.137 e. The van der Waals surface area contributed by atoms with Crippen LogP contribution in [0.25, 0.3) is 0 Å². The maximum absolute atomic E-state index is 6.02. The molecule has 0 saturated heterocycles. The highest BCUT2D eigenvalue weighted by molar-refractivity contribution is 5.32. The topological polar surface area (TPSA) is 18.5 Å². The molecule has 28 heavy (non-hydrogen) atoms. The van der Waals surface area contributed by atoms with Crippen LogP contribution in [-0.2, 0) is 0 Å². The van der Waals surface area contributed by atoms with Gasteiger partial charge in [0.25, 0.3) is 0 Å². The molecule has 0 fully saturated rings. The third-order valence-electron chi connectivity index (χ3n) is 6.50. The monoisotopic (exact) mass is 620 g/mol. The number of hydrogen-bond donors (Lipinski definition) is 0. The van der Waals surface area contributed by atoms with Crippen LogP contribution < -0.4 is 57.4 Å². The van der Waals surface area contributed by atoms with E-state index in [2.05, 4.69) is 41.5 Å². The number of ether oxygens (including phenoxy) is 2. The van der Waals surface area contributed by atoms with Gasteiger partial charge < -0.3 is 66.4 Å². The zero-order valence-electron chi connectivity index (χ0n) is 18.8. The molecule has 4 nitrogen and oxygen atoms in total. The van der Waals surface area contributed by atoms with Gasteiger partial charge in [0.2, 0.25) is 0 Å². The molecule has 0 atom stereocenters. The van der Waals surface area contributed by atoms with Crippen molar-refractivity contribution in [2.75, 3.05) is 65.6 Å². The highest BCUT2D eigenvalue weighted by atomic mass is 127. The molecule has 0 heterocycles. The summed E-state index contributed by atoms with van der Waals surface area (Å²) < 4.78 is 14.3. The molecule has 0 amide bonds. The first-order valence-electron chi connectivity index (χ1n) is 10.6. The molecule has 1 aromatic rings. The van der Waals surface area contributed by atoms with Crippen molar-refractivity contribution in [2.24, 2.45) is 0 Å². The van der Waals surface area contributed by atoms with E-state index in [0.717, 1.165) is 86.0 Å². The maximum atomic E-state index is 6.02. The molecule has 0 saturated carbocycles. The van der Waals surface area contributed by atoms with Gasteiger partial charge in [-0.15, -0.1) is 0 Å². The minimum absolute atomic E-state index is 0. The van der Waals surface area contributed by atoms with E-state index in [1.165, 1.54) is 0 Å². The van der Waals surface area contributed by atoms with Crippen LogP contribution >= 0.6 is 0 Å². The van der Waals surface area contributed by atoms with Gasteiger partial charge in [-0.05, 0) is 53.7 Å². The minimum Gasteiger partial charge on any atom is -1.00 e. The lowest BCUT2D eigenvalue weighted by atomic mass is 10.3. The largest absolute Gasteiger partial charge is 1.00 e. The van der Waals surface area contributed by atoms with E-state index in [9.17, 15) is 0 Å². The van der Waals surface area contributed by atoms with Crippen molar-refractivity contribution in [1.82, 2.24) is 0 Å². The zero-order chi connectivity index (χ0) is 19.5. The van der Waals surface area contributed by atoms with E-state index in [-0.39, 0.29) is 48.0 Å². The number of rotatable bonds is 14. The standard InChI is InChI=1S/C22H42N2O2.2HI/c1-7-23(8-2,9-3)16-18-25-21-14-13-15-22(20-21)26-19-17-24(10-4,11-5)12-6;;/h13-15,20H,7-12,16-19H2,1-6H3;2*1H/q+2;;/p-2. The van der Waals surface area contributed by atoms with Crippen LogP contribution in [0.5, 0.6) is 11.5 Å². The lowest BCUT2D eigenvalue weighted by Gasteiger charge is -2.35. The second kappa shape index (κ2) is 16.0. The molecule has 0 aliphatic heterocycles. The van der Waals surface area contributed by atoms with Gasteiger partial charge in [0.1, 0.15) is 37.8 Å². The Kier molecular flexibility index (Phi) is 17.3. The van der Waals surface area contributed by atoms with Crippen LogP contribution in [0.3, 0.4) is 0 Å². The fourth-order valence-electron chi connectivity index (χ4n) is 3.66. The van der Waals surface area contributed by atoms with Crippen LogP contribution in [0.15, 0.2) is 24.3 Å². The van der Waals surface area contributed by atoms with Crippen LogP contribution in [0.2, 0.25) is 0 Å². The van der Waals surface area contributed by atoms with Gasteiger partial charge in [0.05, 0.1) is 39.3 Å². The van der Waals surface area contributed by atoms with Crippen LogP contribution in [0, 0.1) is 0 Å². The van der Waals surface area contributed by atoms with Gasteiger partial charge in [-0.3, -0.25) is 0 Å². The summed E-state index contributed by atoms with van der Waals surface area (Å²) in [6.07, 6.45) is 0. The number of benzene rings is 1. The summed E-state index contributed by atoms with van der Waals surface area (Å²) in [6, 6.07) is 8.09. The van der Waals surface area contributed by atoms with Crippen LogP contribution in [0.4, 0.5) is 0 Å². The summed E-state index contributed by atoms with van der Waals surface area (Å²) >= 11 is 0. The molecule has 6 heteroatoms. The number of quaternary nitrogens is 2. The first-order chi connectivity index (χ1) is 12.5. The Morgan fingerprint density at radius 3 is 1.21 bits per heavy atom. The fourth-order valence-corrected chi connectivity index (χ4v) is 3.66. The van der Waals surface area contributed by atoms with Crippen molar-refractivity contribution < 1.29 is 66.4 Å². The van der Waals surface area contributed by atoms with E-state index in [1.54, 1.807) is 0 Å². The second-order valence-corrected chi connectivity index (χ2v) is 7.20. The van der Waals surface area contributed by atoms with E-state index in [1.807, 2.05) is 24.3 Å². The first-order valence-corrected chi connectivity index (χ1v) is 10.6. The number of hydrogen-bond acceptors (Lipinski definition) is 2. The first kappa shape index (κ1) is 30.4. The van der Waals surface area contributed by atoms with Gasteiger partial charge in [-0.25, -0.2) is 0 Å². The molecular formula is C22H42I2N2O2. The van der Waals surface area contributed by atoms with Gasteiger partial charge in [0.15, 0.2) is 0 Å². The molecule has 0 radical (unpaired) electrons. The minimum atomic E-state index is 0. The molecule has 0 bridgehead atoms. The van der Waals surface area contributed by atoms with Crippen molar-refractivity contribution in [3.63, 3.8) is 0 Å². The molecule has 1 aromatic carbocycles. The summed E-state index contributed by atoms with van der Waals surface area (Å²) in [4.78, 5) is 0. The molecule has 0 spiro atoms. The number of nitrogens with zero attached hydrogens (tertiary/aromatic N) is 2. The molecule has 0 unspecified atom stereocenters. The Hall–Kier alpha value is 0.200. The van der Waals surface area contributed by atoms with Crippen molar-refractivity contribution in [2.45, 2.75) is 41.5 Å². The van der Waals surface area contributed by atoms with E-state index in [4.69, 9.17) is 9.47 Å². The molecule has 0 N–H and O–H groups in total. The Labute approximate surface area is 208 Å². The average molecular weight is 620 g/mol. The molecular weight excluding hydrogens is 578 g/mol. The van der Waals surface area contributed by atoms with Crippen molar-refractivity contribution in [3.8, 4) is 11.5 Å². The van der Waals surface area contributed by atoms with Crippen LogP contribution in [0.1, 0.15) is 41.5 Å². The lowest BCUT2D eigenvalue weighted by molar-refractivity contribution is -0.923. The Bertz CT molecular complexity index is 449. The Morgan fingerprint density at radius 1 is 0.607 bits per heavy atom. The van der Waals surface area contributed by atoms with Gasteiger partial charge in [-0.1, -0.05) is 6.07 Å². The number of likely N-dealkylation sites (N-methyl/N-ethyl adjacent to an activating group) is 2. The normalized spacial score (nSPS) is 11.4. The summed E-state index contributed by atoms with van der Waals surface area (Å²) in [6.45, 7) is 24.2. The maximum Gasteiger partial charge on any atom is 0.137 e. The summed E-state index contributed by atoms with van der Waals surface area (Å²) in [5.74, 6) is 1.82. The van der Waals surface area contributed by atoms with E-state index < -0.39 is 0 Å².